The molecule has 1 saturated heterocycles. The molecule has 98 valence electrons. The molecule has 1 aliphatic heterocycles. The minimum atomic E-state index is -0.0781. The molecule has 2 aliphatic rings. The minimum absolute atomic E-state index is 0.0781. The van der Waals surface area contributed by atoms with Crippen molar-refractivity contribution in [3.63, 3.8) is 0 Å². The van der Waals surface area contributed by atoms with Crippen LogP contribution in [0.5, 0.6) is 0 Å². The molecule has 0 unspecified atom stereocenters. The van der Waals surface area contributed by atoms with E-state index in [2.05, 4.69) is 24.5 Å². The van der Waals surface area contributed by atoms with Crippen LogP contribution in [0, 0.1) is 10.8 Å². The first-order chi connectivity index (χ1) is 8.10. The lowest BCUT2D eigenvalue weighted by Gasteiger charge is -2.36. The summed E-state index contributed by atoms with van der Waals surface area (Å²) in [5.41, 5.74) is 0.335. The third-order valence-electron chi connectivity index (χ3n) is 4.55. The van der Waals surface area contributed by atoms with Gasteiger partial charge in [-0.2, -0.15) is 0 Å². The summed E-state index contributed by atoms with van der Waals surface area (Å²) < 4.78 is 0. The van der Waals surface area contributed by atoms with Gasteiger partial charge in [0.05, 0.1) is 5.41 Å². The van der Waals surface area contributed by atoms with Crippen LogP contribution in [0.2, 0.25) is 0 Å². The standard InChI is InChI=1S/C14H26N2O/c1-3-4-14(7-9-15-10-8-14)12(17)16-11-13(2)5-6-13/h15H,3-11H2,1-2H3,(H,16,17). The Labute approximate surface area is 105 Å². The Kier molecular flexibility index (Phi) is 3.76. The van der Waals surface area contributed by atoms with Gasteiger partial charge in [-0.15, -0.1) is 0 Å². The van der Waals surface area contributed by atoms with Gasteiger partial charge in [0, 0.05) is 6.54 Å². The van der Waals surface area contributed by atoms with Gasteiger partial charge in [0.2, 0.25) is 5.91 Å². The van der Waals surface area contributed by atoms with Gasteiger partial charge in [-0.3, -0.25) is 4.79 Å². The Balaban J connectivity index is 1.91. The molecule has 0 aromatic heterocycles. The monoisotopic (exact) mass is 238 g/mol. The van der Waals surface area contributed by atoms with Crippen LogP contribution in [0.25, 0.3) is 0 Å². The lowest BCUT2D eigenvalue weighted by Crippen LogP contribution is -2.48. The fourth-order valence-electron chi connectivity index (χ4n) is 2.85. The zero-order valence-electron chi connectivity index (χ0n) is 11.3. The summed E-state index contributed by atoms with van der Waals surface area (Å²) in [7, 11) is 0. The molecule has 1 heterocycles. The quantitative estimate of drug-likeness (QED) is 0.770. The zero-order chi connectivity index (χ0) is 12.4. The van der Waals surface area contributed by atoms with E-state index in [-0.39, 0.29) is 5.41 Å². The number of amides is 1. The van der Waals surface area contributed by atoms with Crippen LogP contribution in [0.1, 0.15) is 52.4 Å². The van der Waals surface area contributed by atoms with Crippen molar-refractivity contribution in [1.29, 1.82) is 0 Å². The number of hydrogen-bond donors (Lipinski definition) is 2. The van der Waals surface area contributed by atoms with Gasteiger partial charge >= 0.3 is 0 Å². The number of piperidine rings is 1. The average molecular weight is 238 g/mol. The van der Waals surface area contributed by atoms with Crippen molar-refractivity contribution >= 4 is 5.91 Å². The fraction of sp³-hybridized carbons (Fsp3) is 0.929. The number of carbonyl (C=O) groups excluding carboxylic acids is 1. The maximum atomic E-state index is 12.4. The van der Waals surface area contributed by atoms with E-state index in [0.29, 0.717) is 11.3 Å². The first-order valence-electron chi connectivity index (χ1n) is 7.09. The Hall–Kier alpha value is -0.570. The van der Waals surface area contributed by atoms with Gasteiger partial charge in [-0.05, 0) is 50.6 Å². The molecule has 0 spiro atoms. The molecule has 1 amide bonds. The summed E-state index contributed by atoms with van der Waals surface area (Å²) in [5.74, 6) is 0.314. The van der Waals surface area contributed by atoms with Crippen molar-refractivity contribution in [3.8, 4) is 0 Å². The second-order valence-corrected chi connectivity index (χ2v) is 6.27. The van der Waals surface area contributed by atoms with E-state index < -0.39 is 0 Å². The number of rotatable bonds is 5. The van der Waals surface area contributed by atoms with Crippen LogP contribution in [-0.2, 0) is 4.79 Å². The van der Waals surface area contributed by atoms with Crippen molar-refractivity contribution in [3.05, 3.63) is 0 Å². The molecule has 2 N–H and O–H groups in total. The Bertz CT molecular complexity index is 272. The maximum Gasteiger partial charge on any atom is 0.226 e. The lowest BCUT2D eigenvalue weighted by molar-refractivity contribution is -0.133. The third-order valence-corrected chi connectivity index (χ3v) is 4.55. The summed E-state index contributed by atoms with van der Waals surface area (Å²) >= 11 is 0. The fourth-order valence-corrected chi connectivity index (χ4v) is 2.85. The molecule has 2 rings (SSSR count). The van der Waals surface area contributed by atoms with Crippen LogP contribution in [0.15, 0.2) is 0 Å². The summed E-state index contributed by atoms with van der Waals surface area (Å²) in [6.45, 7) is 7.31. The van der Waals surface area contributed by atoms with Crippen LogP contribution in [0.4, 0.5) is 0 Å². The van der Waals surface area contributed by atoms with E-state index >= 15 is 0 Å². The molecule has 0 aromatic rings. The summed E-state index contributed by atoms with van der Waals surface area (Å²) in [4.78, 5) is 12.4. The van der Waals surface area contributed by atoms with Crippen molar-refractivity contribution in [2.45, 2.75) is 52.4 Å². The largest absolute Gasteiger partial charge is 0.355 e. The summed E-state index contributed by atoms with van der Waals surface area (Å²) in [5, 5.41) is 6.57. The van der Waals surface area contributed by atoms with Crippen LogP contribution in [-0.4, -0.2) is 25.5 Å². The van der Waals surface area contributed by atoms with E-state index in [9.17, 15) is 4.79 Å². The summed E-state index contributed by atoms with van der Waals surface area (Å²) in [6.07, 6.45) is 6.69. The Morgan fingerprint density at radius 1 is 1.24 bits per heavy atom. The second-order valence-electron chi connectivity index (χ2n) is 6.27. The molecule has 0 bridgehead atoms. The van der Waals surface area contributed by atoms with E-state index in [1.54, 1.807) is 0 Å². The molecule has 1 aliphatic carbocycles. The first-order valence-corrected chi connectivity index (χ1v) is 7.09. The molecule has 0 atom stereocenters. The predicted molar refractivity (Wildman–Crippen MR) is 69.8 cm³/mol. The average Bonchev–Trinajstić information content (AvgIpc) is 3.06. The van der Waals surface area contributed by atoms with Crippen molar-refractivity contribution in [2.24, 2.45) is 10.8 Å². The van der Waals surface area contributed by atoms with Gasteiger partial charge in [-0.1, -0.05) is 20.3 Å². The van der Waals surface area contributed by atoms with E-state index in [0.717, 1.165) is 45.3 Å². The number of hydrogen-bond acceptors (Lipinski definition) is 2. The molecule has 3 nitrogen and oxygen atoms in total. The molecular weight excluding hydrogens is 212 g/mol. The van der Waals surface area contributed by atoms with Crippen molar-refractivity contribution in [2.75, 3.05) is 19.6 Å². The van der Waals surface area contributed by atoms with E-state index in [1.165, 1.54) is 12.8 Å². The summed E-state index contributed by atoms with van der Waals surface area (Å²) in [6, 6.07) is 0. The molecule has 0 radical (unpaired) electrons. The Morgan fingerprint density at radius 3 is 2.41 bits per heavy atom. The Morgan fingerprint density at radius 2 is 1.88 bits per heavy atom. The molecule has 17 heavy (non-hydrogen) atoms. The van der Waals surface area contributed by atoms with E-state index in [4.69, 9.17) is 0 Å². The highest BCUT2D eigenvalue weighted by atomic mass is 16.2. The van der Waals surface area contributed by atoms with Crippen molar-refractivity contribution in [1.82, 2.24) is 10.6 Å². The van der Waals surface area contributed by atoms with E-state index in [1.807, 2.05) is 0 Å². The SMILES string of the molecule is CCCC1(C(=O)NCC2(C)CC2)CCNCC1. The van der Waals surface area contributed by atoms with Gasteiger partial charge in [-0.25, -0.2) is 0 Å². The van der Waals surface area contributed by atoms with Gasteiger partial charge in [0.25, 0.3) is 0 Å². The van der Waals surface area contributed by atoms with Gasteiger partial charge in [0.15, 0.2) is 0 Å². The van der Waals surface area contributed by atoms with Crippen LogP contribution >= 0.6 is 0 Å². The molecular formula is C14H26N2O. The molecule has 2 fully saturated rings. The highest BCUT2D eigenvalue weighted by Gasteiger charge is 2.41. The van der Waals surface area contributed by atoms with Crippen LogP contribution < -0.4 is 10.6 Å². The normalized spacial score (nSPS) is 25.3. The molecule has 1 saturated carbocycles. The highest BCUT2D eigenvalue weighted by molar-refractivity contribution is 5.82. The topological polar surface area (TPSA) is 41.1 Å². The van der Waals surface area contributed by atoms with Crippen molar-refractivity contribution < 1.29 is 4.79 Å². The smallest absolute Gasteiger partial charge is 0.226 e. The minimum Gasteiger partial charge on any atom is -0.355 e. The zero-order valence-corrected chi connectivity index (χ0v) is 11.3. The lowest BCUT2D eigenvalue weighted by atomic mass is 9.74. The predicted octanol–water partition coefficient (Wildman–Crippen LogP) is 2.07. The molecule has 0 aromatic carbocycles. The molecule has 3 heteroatoms. The van der Waals surface area contributed by atoms with Crippen LogP contribution in [0.3, 0.4) is 0 Å². The first kappa shape index (κ1) is 12.9. The number of carbonyl (C=O) groups is 1. The number of nitrogens with one attached hydrogen (secondary N) is 2. The van der Waals surface area contributed by atoms with Gasteiger partial charge < -0.3 is 10.6 Å². The maximum absolute atomic E-state index is 12.4. The second kappa shape index (κ2) is 4.97. The highest BCUT2D eigenvalue weighted by Crippen LogP contribution is 2.44. The third kappa shape index (κ3) is 3.01. The van der Waals surface area contributed by atoms with Gasteiger partial charge in [0.1, 0.15) is 0 Å².